The van der Waals surface area contributed by atoms with Gasteiger partial charge in [-0.1, -0.05) is 0 Å². The number of rotatable bonds is 1. The first-order valence-corrected chi connectivity index (χ1v) is 4.69. The fraction of sp³-hybridized carbons (Fsp3) is 0. The maximum absolute atomic E-state index is 10.8. The van der Waals surface area contributed by atoms with E-state index in [2.05, 4.69) is 3.53 Å². The molecular weight excluding hydrogens is 224 g/mol. The van der Waals surface area contributed by atoms with Crippen molar-refractivity contribution in [1.82, 2.24) is 0 Å². The molecule has 0 N–H and O–H groups in total. The van der Waals surface area contributed by atoms with Crippen LogP contribution in [0.15, 0.2) is 30.3 Å². The van der Waals surface area contributed by atoms with E-state index in [4.69, 9.17) is 0 Å². The minimum absolute atomic E-state index is 0. The number of halogens is 2. The summed E-state index contributed by atoms with van der Waals surface area (Å²) in [7, 11) is 0. The number of carbonyl (C=O) groups excluding carboxylic acids is 1. The van der Waals surface area contributed by atoms with Gasteiger partial charge in [-0.25, -0.2) is 0 Å². The molecule has 66 valence electrons. The Morgan fingerprint density at radius 2 is 1.67 bits per heavy atom. The number of hydrogen-bond donors (Lipinski definition) is 0. The van der Waals surface area contributed by atoms with E-state index < -0.39 is 0 Å². The molecule has 0 radical (unpaired) electrons. The molecule has 0 atom stereocenters. The number of carbonyl (C=O) groups is 1. The Bertz CT molecular complexity index is 228. The average Bonchev–Trinajstić information content (AvgIpc) is 2.05. The predicted octanol–water partition coefficient (Wildman–Crippen LogP) is 0.697. The summed E-state index contributed by atoms with van der Waals surface area (Å²) in [5.74, 6) is -0.208. The van der Waals surface area contributed by atoms with Gasteiger partial charge in [0.15, 0.2) is 0 Å². The van der Waals surface area contributed by atoms with E-state index in [9.17, 15) is 4.79 Å². The second-order valence-corrected chi connectivity index (χ2v) is 2.71. The number of hydrogen-bond acceptors (Lipinski definition) is 2. The molecule has 1 rings (SSSR count). The molecule has 0 aromatic heterocycles. The SMILES string of the molecule is F.F.O=C([O][GaH2])c1ccccc1. The van der Waals surface area contributed by atoms with Crippen molar-refractivity contribution >= 4 is 24.9 Å². The van der Waals surface area contributed by atoms with Crippen LogP contribution in [0.2, 0.25) is 0 Å². The van der Waals surface area contributed by atoms with Crippen molar-refractivity contribution in [2.45, 2.75) is 0 Å². The Labute approximate surface area is 79.0 Å². The molecule has 0 bridgehead atoms. The van der Waals surface area contributed by atoms with Gasteiger partial charge in [0.25, 0.3) is 0 Å². The third kappa shape index (κ3) is 3.54. The van der Waals surface area contributed by atoms with Crippen molar-refractivity contribution in [1.29, 1.82) is 0 Å². The second kappa shape index (κ2) is 6.87. The maximum atomic E-state index is 10.8. The van der Waals surface area contributed by atoms with E-state index in [1.807, 2.05) is 18.2 Å². The normalized spacial score (nSPS) is 7.33. The summed E-state index contributed by atoms with van der Waals surface area (Å²) in [6.45, 7) is 0. The van der Waals surface area contributed by atoms with Gasteiger partial charge in [0.1, 0.15) is 0 Å². The Morgan fingerprint density at radius 1 is 1.17 bits per heavy atom. The van der Waals surface area contributed by atoms with E-state index in [0.29, 0.717) is 5.56 Å². The second-order valence-electron chi connectivity index (χ2n) is 1.86. The summed E-state index contributed by atoms with van der Waals surface area (Å²) < 4.78 is 4.68. The molecule has 5 heteroatoms. The fourth-order valence-corrected chi connectivity index (χ4v) is 1.19. The van der Waals surface area contributed by atoms with Crippen molar-refractivity contribution in [3.05, 3.63) is 35.9 Å². The zero-order chi connectivity index (χ0) is 7.40. The molecule has 0 spiro atoms. The molecule has 0 aliphatic heterocycles. The molecule has 0 heterocycles. The Morgan fingerprint density at radius 3 is 2.08 bits per heavy atom. The van der Waals surface area contributed by atoms with Crippen LogP contribution in [-0.2, 0) is 3.53 Å². The molecule has 0 unspecified atom stereocenters. The van der Waals surface area contributed by atoms with Crippen LogP contribution in [0.4, 0.5) is 9.41 Å². The summed E-state index contributed by atoms with van der Waals surface area (Å²) in [5.41, 5.74) is 0.635. The molecule has 0 aliphatic carbocycles. The van der Waals surface area contributed by atoms with Crippen molar-refractivity contribution < 1.29 is 17.7 Å². The van der Waals surface area contributed by atoms with Crippen molar-refractivity contribution in [2.75, 3.05) is 0 Å². The van der Waals surface area contributed by atoms with E-state index in [0.717, 1.165) is 0 Å². The zero-order valence-electron chi connectivity index (χ0n) is 6.52. The molecule has 12 heavy (non-hydrogen) atoms. The van der Waals surface area contributed by atoms with Gasteiger partial charge < -0.3 is 0 Å². The van der Waals surface area contributed by atoms with E-state index >= 15 is 0 Å². The van der Waals surface area contributed by atoms with Gasteiger partial charge in [-0.3, -0.25) is 9.41 Å². The van der Waals surface area contributed by atoms with Crippen LogP contribution in [0.3, 0.4) is 0 Å². The molecule has 2 nitrogen and oxygen atoms in total. The summed E-state index contributed by atoms with van der Waals surface area (Å²) in [4.78, 5) is 10.8. The van der Waals surface area contributed by atoms with E-state index in [1.54, 1.807) is 12.1 Å². The summed E-state index contributed by atoms with van der Waals surface area (Å²) in [5, 5.41) is 0. The van der Waals surface area contributed by atoms with E-state index in [1.165, 1.54) is 0 Å². The van der Waals surface area contributed by atoms with Crippen LogP contribution in [-0.4, -0.2) is 24.9 Å². The van der Waals surface area contributed by atoms with Gasteiger partial charge in [0, 0.05) is 0 Å². The standard InChI is InChI=1S/C7H6O2.2FH.Ga.2H/c8-7(9)6-4-2-1-3-5-6;;;;;/h1-5H,(H,8,9);2*1H;;;/q;;;+1;;/p-1. The molecule has 0 saturated heterocycles. The first kappa shape index (κ1) is 13.8. The first-order chi connectivity index (χ1) is 4.84. The quantitative estimate of drug-likeness (QED) is 0.667. The van der Waals surface area contributed by atoms with E-state index in [-0.39, 0.29) is 34.3 Å². The van der Waals surface area contributed by atoms with Crippen LogP contribution >= 0.6 is 0 Å². The monoisotopic (exact) mass is 232 g/mol. The topological polar surface area (TPSA) is 26.3 Å². The Hall–Kier alpha value is -0.814. The Balaban J connectivity index is 0. The van der Waals surface area contributed by atoms with Crippen LogP contribution in [0.1, 0.15) is 10.4 Å². The molecule has 1 aromatic rings. The average molecular weight is 233 g/mol. The van der Waals surface area contributed by atoms with Gasteiger partial charge in [0.05, 0.1) is 0 Å². The van der Waals surface area contributed by atoms with Crippen molar-refractivity contribution in [2.24, 2.45) is 0 Å². The van der Waals surface area contributed by atoms with Crippen LogP contribution in [0, 0.1) is 0 Å². The van der Waals surface area contributed by atoms with Crippen LogP contribution in [0.25, 0.3) is 0 Å². The molecular formula is C7H9F2GaO2. The van der Waals surface area contributed by atoms with Gasteiger partial charge in [-0.15, -0.1) is 0 Å². The van der Waals surface area contributed by atoms with Gasteiger partial charge in [0.2, 0.25) is 0 Å². The third-order valence-electron chi connectivity index (χ3n) is 1.19. The minimum atomic E-state index is -0.208. The van der Waals surface area contributed by atoms with Gasteiger partial charge >= 0.3 is 69.2 Å². The van der Waals surface area contributed by atoms with Gasteiger partial charge in [-0.05, 0) is 0 Å². The van der Waals surface area contributed by atoms with Crippen molar-refractivity contribution in [3.8, 4) is 0 Å². The fourth-order valence-electron chi connectivity index (χ4n) is 0.692. The summed E-state index contributed by atoms with van der Waals surface area (Å²) in [6, 6.07) is 8.99. The number of benzene rings is 1. The molecule has 0 amide bonds. The summed E-state index contributed by atoms with van der Waals surface area (Å²) in [6.07, 6.45) is 0. The van der Waals surface area contributed by atoms with Crippen molar-refractivity contribution in [3.63, 3.8) is 0 Å². The molecule has 0 fully saturated rings. The third-order valence-corrected chi connectivity index (χ3v) is 1.97. The zero-order valence-corrected chi connectivity index (χ0v) is 10.7. The van der Waals surface area contributed by atoms with Crippen LogP contribution in [0.5, 0.6) is 0 Å². The molecule has 0 aliphatic rings. The first-order valence-electron chi connectivity index (χ1n) is 2.98. The predicted molar refractivity (Wildman–Crippen MR) is 45.4 cm³/mol. The Kier molecular flexibility index (Phi) is 7.87. The summed E-state index contributed by atoms with van der Waals surface area (Å²) >= 11 is 0.139. The molecule has 1 aromatic carbocycles. The van der Waals surface area contributed by atoms with Crippen LogP contribution < -0.4 is 0 Å². The van der Waals surface area contributed by atoms with Gasteiger partial charge in [-0.2, -0.15) is 0 Å². The molecule has 0 saturated carbocycles.